The van der Waals surface area contributed by atoms with Crippen molar-refractivity contribution in [2.45, 2.75) is 26.2 Å². The van der Waals surface area contributed by atoms with Gasteiger partial charge in [0.25, 0.3) is 5.91 Å². The Hall–Kier alpha value is -1.74. The second-order valence-electron chi connectivity index (χ2n) is 5.22. The molecule has 1 aliphatic rings. The first-order valence-corrected chi connectivity index (χ1v) is 7.71. The van der Waals surface area contributed by atoms with Crippen LogP contribution in [0.5, 0.6) is 0 Å². The summed E-state index contributed by atoms with van der Waals surface area (Å²) >= 11 is 1.31. The number of amides is 1. The first kappa shape index (κ1) is 14.7. The Balaban J connectivity index is 2.23. The lowest BCUT2D eigenvalue weighted by Gasteiger charge is -2.16. The minimum atomic E-state index is -0.183. The van der Waals surface area contributed by atoms with Gasteiger partial charge in [0.2, 0.25) is 0 Å². The molecule has 0 spiro atoms. The Labute approximate surface area is 123 Å². The molecule has 0 saturated heterocycles. The summed E-state index contributed by atoms with van der Waals surface area (Å²) in [6.07, 6.45) is 3.37. The van der Waals surface area contributed by atoms with Crippen molar-refractivity contribution in [3.63, 3.8) is 0 Å². The van der Waals surface area contributed by atoms with Crippen LogP contribution >= 0.6 is 11.3 Å². The van der Waals surface area contributed by atoms with Gasteiger partial charge in [-0.25, -0.2) is 0 Å². The fourth-order valence-electron chi connectivity index (χ4n) is 2.07. The summed E-state index contributed by atoms with van der Waals surface area (Å²) in [6.45, 7) is 3.53. The number of nitrogen functional groups attached to an aromatic ring is 1. The van der Waals surface area contributed by atoms with Crippen LogP contribution in [0.2, 0.25) is 0 Å². The average Bonchev–Trinajstić information content (AvgIpc) is 3.17. The Kier molecular flexibility index (Phi) is 4.50. The van der Waals surface area contributed by atoms with E-state index in [1.807, 2.05) is 18.9 Å². The number of carbonyl (C=O) groups is 1. The quantitative estimate of drug-likeness (QED) is 0.842. The first-order chi connectivity index (χ1) is 9.58. The van der Waals surface area contributed by atoms with E-state index in [0.29, 0.717) is 28.6 Å². The van der Waals surface area contributed by atoms with Gasteiger partial charge in [-0.05, 0) is 25.2 Å². The topological polar surface area (TPSA) is 82.2 Å². The molecule has 2 rings (SSSR count). The van der Waals surface area contributed by atoms with Gasteiger partial charge in [-0.15, -0.1) is 11.3 Å². The molecule has 0 radical (unpaired) electrons. The number of hydrogen-bond donors (Lipinski definition) is 2. The molecule has 0 aliphatic heterocycles. The molecule has 20 heavy (non-hydrogen) atoms. The van der Waals surface area contributed by atoms with Crippen molar-refractivity contribution in [1.29, 1.82) is 5.26 Å². The SMILES string of the molecule is CCCNC(=O)c1sc(N(C)CC2CC2)c(C#N)c1N. The number of anilines is 2. The van der Waals surface area contributed by atoms with Crippen LogP contribution in [-0.4, -0.2) is 26.0 Å². The highest BCUT2D eigenvalue weighted by molar-refractivity contribution is 7.19. The number of nitrogens with two attached hydrogens (primary N) is 1. The Morgan fingerprint density at radius 2 is 2.30 bits per heavy atom. The van der Waals surface area contributed by atoms with Crippen LogP contribution in [-0.2, 0) is 0 Å². The van der Waals surface area contributed by atoms with Gasteiger partial charge in [-0.1, -0.05) is 6.92 Å². The zero-order valence-electron chi connectivity index (χ0n) is 11.9. The smallest absolute Gasteiger partial charge is 0.263 e. The lowest BCUT2D eigenvalue weighted by Crippen LogP contribution is -2.23. The van der Waals surface area contributed by atoms with Crippen molar-refractivity contribution in [1.82, 2.24) is 5.32 Å². The van der Waals surface area contributed by atoms with E-state index in [1.165, 1.54) is 24.2 Å². The summed E-state index contributed by atoms with van der Waals surface area (Å²) in [6, 6.07) is 2.13. The van der Waals surface area contributed by atoms with Crippen molar-refractivity contribution in [2.24, 2.45) is 5.92 Å². The summed E-state index contributed by atoms with van der Waals surface area (Å²) < 4.78 is 0. The minimum Gasteiger partial charge on any atom is -0.396 e. The molecule has 1 fully saturated rings. The van der Waals surface area contributed by atoms with Crippen molar-refractivity contribution < 1.29 is 4.79 Å². The standard InChI is InChI=1S/C14H20N4OS/c1-3-6-17-13(19)12-11(16)10(7-15)14(20-12)18(2)8-9-4-5-9/h9H,3-6,8,16H2,1-2H3,(H,17,19). The molecule has 0 unspecified atom stereocenters. The Morgan fingerprint density at radius 1 is 1.60 bits per heavy atom. The molecular weight excluding hydrogens is 272 g/mol. The van der Waals surface area contributed by atoms with Crippen LogP contribution in [0.3, 0.4) is 0 Å². The second-order valence-corrected chi connectivity index (χ2v) is 6.22. The second kappa shape index (κ2) is 6.14. The fourth-order valence-corrected chi connectivity index (χ4v) is 3.12. The monoisotopic (exact) mass is 292 g/mol. The minimum absolute atomic E-state index is 0.183. The Morgan fingerprint density at radius 3 is 2.85 bits per heavy atom. The van der Waals surface area contributed by atoms with Crippen LogP contribution in [0.15, 0.2) is 0 Å². The molecule has 3 N–H and O–H groups in total. The van der Waals surface area contributed by atoms with Gasteiger partial charge in [-0.3, -0.25) is 4.79 Å². The summed E-state index contributed by atoms with van der Waals surface area (Å²) in [4.78, 5) is 14.6. The molecule has 0 atom stereocenters. The molecule has 1 amide bonds. The molecule has 1 aromatic heterocycles. The van der Waals surface area contributed by atoms with Gasteiger partial charge >= 0.3 is 0 Å². The van der Waals surface area contributed by atoms with Crippen molar-refractivity contribution in [3.05, 3.63) is 10.4 Å². The van der Waals surface area contributed by atoms with E-state index in [9.17, 15) is 10.1 Å². The van der Waals surface area contributed by atoms with Gasteiger partial charge in [0.1, 0.15) is 21.5 Å². The predicted octanol–water partition coefficient (Wildman–Crippen LogP) is 2.19. The van der Waals surface area contributed by atoms with Gasteiger partial charge in [0.15, 0.2) is 0 Å². The number of hydrogen-bond acceptors (Lipinski definition) is 5. The van der Waals surface area contributed by atoms with E-state index in [-0.39, 0.29) is 5.91 Å². The summed E-state index contributed by atoms with van der Waals surface area (Å²) in [5, 5.41) is 12.9. The maximum atomic E-state index is 12.1. The van der Waals surface area contributed by atoms with Gasteiger partial charge in [-0.2, -0.15) is 5.26 Å². The number of nitrogens with one attached hydrogen (secondary N) is 1. The molecule has 1 aliphatic carbocycles. The third-order valence-corrected chi connectivity index (χ3v) is 4.67. The fraction of sp³-hybridized carbons (Fsp3) is 0.571. The largest absolute Gasteiger partial charge is 0.396 e. The lowest BCUT2D eigenvalue weighted by molar-refractivity contribution is 0.0958. The average molecular weight is 292 g/mol. The first-order valence-electron chi connectivity index (χ1n) is 6.90. The maximum absolute atomic E-state index is 12.1. The molecule has 108 valence electrons. The molecule has 1 saturated carbocycles. The van der Waals surface area contributed by atoms with Crippen LogP contribution in [0.4, 0.5) is 10.7 Å². The number of rotatable bonds is 6. The van der Waals surface area contributed by atoms with E-state index in [2.05, 4.69) is 11.4 Å². The van der Waals surface area contributed by atoms with Gasteiger partial charge in [0.05, 0.1) is 5.69 Å². The highest BCUT2D eigenvalue weighted by Gasteiger charge is 2.27. The highest BCUT2D eigenvalue weighted by Crippen LogP contribution is 2.39. The molecule has 5 nitrogen and oxygen atoms in total. The van der Waals surface area contributed by atoms with E-state index in [0.717, 1.165) is 18.0 Å². The number of nitriles is 1. The normalized spacial score (nSPS) is 13.8. The van der Waals surface area contributed by atoms with Crippen LogP contribution in [0, 0.1) is 17.2 Å². The molecule has 0 aromatic carbocycles. The zero-order chi connectivity index (χ0) is 14.7. The summed E-state index contributed by atoms with van der Waals surface area (Å²) in [5.74, 6) is 0.532. The molecule has 1 aromatic rings. The summed E-state index contributed by atoms with van der Waals surface area (Å²) in [7, 11) is 1.96. The van der Waals surface area contributed by atoms with Crippen molar-refractivity contribution in [2.75, 3.05) is 30.8 Å². The molecule has 0 bridgehead atoms. The predicted molar refractivity (Wildman–Crippen MR) is 82.1 cm³/mol. The molecule has 1 heterocycles. The number of nitrogens with zero attached hydrogens (tertiary/aromatic N) is 2. The maximum Gasteiger partial charge on any atom is 0.263 e. The number of thiophene rings is 1. The zero-order valence-corrected chi connectivity index (χ0v) is 12.7. The number of carbonyl (C=O) groups excluding carboxylic acids is 1. The van der Waals surface area contributed by atoms with Crippen molar-refractivity contribution in [3.8, 4) is 6.07 Å². The molecule has 6 heteroatoms. The van der Waals surface area contributed by atoms with E-state index < -0.39 is 0 Å². The van der Waals surface area contributed by atoms with E-state index in [1.54, 1.807) is 0 Å². The van der Waals surface area contributed by atoms with E-state index >= 15 is 0 Å². The van der Waals surface area contributed by atoms with Gasteiger partial charge in [0, 0.05) is 20.1 Å². The highest BCUT2D eigenvalue weighted by atomic mass is 32.1. The van der Waals surface area contributed by atoms with Gasteiger partial charge < -0.3 is 16.0 Å². The van der Waals surface area contributed by atoms with Crippen molar-refractivity contribution >= 4 is 27.9 Å². The van der Waals surface area contributed by atoms with Crippen LogP contribution < -0.4 is 16.0 Å². The third-order valence-electron chi connectivity index (χ3n) is 3.36. The van der Waals surface area contributed by atoms with Crippen LogP contribution in [0.1, 0.15) is 41.4 Å². The lowest BCUT2D eigenvalue weighted by atomic mass is 10.2. The Bertz CT molecular complexity index is 542. The van der Waals surface area contributed by atoms with E-state index in [4.69, 9.17) is 5.73 Å². The molecular formula is C14H20N4OS. The summed E-state index contributed by atoms with van der Waals surface area (Å²) in [5.41, 5.74) is 6.71. The third kappa shape index (κ3) is 3.05. The van der Waals surface area contributed by atoms with Crippen LogP contribution in [0.25, 0.3) is 0 Å².